The van der Waals surface area contributed by atoms with Crippen LogP contribution in [0.2, 0.25) is 0 Å². The van der Waals surface area contributed by atoms with E-state index < -0.39 is 23.0 Å². The normalized spacial score (nSPS) is 27.4. The summed E-state index contributed by atoms with van der Waals surface area (Å²) in [4.78, 5) is 29.2. The third kappa shape index (κ3) is 4.13. The number of hydrogen-bond acceptors (Lipinski definition) is 6. The molecule has 0 radical (unpaired) electrons. The smallest absolute Gasteiger partial charge is 0.326 e. The van der Waals surface area contributed by atoms with Crippen LogP contribution in [0.15, 0.2) is 11.6 Å². The SMILES string of the molecule is CC(C)CC1(C(=O)OC(C)(C)C)C[C@H](C(N)=O)[C@H](c2nccs2)N1. The van der Waals surface area contributed by atoms with Gasteiger partial charge in [0, 0.05) is 11.6 Å². The lowest BCUT2D eigenvalue weighted by atomic mass is 9.84. The Bertz CT molecular complexity index is 595. The molecule has 0 aliphatic carbocycles. The fraction of sp³-hybridized carbons (Fsp3) is 0.706. The molecule has 3 N–H and O–H groups in total. The van der Waals surface area contributed by atoms with Crippen LogP contribution in [-0.2, 0) is 14.3 Å². The summed E-state index contributed by atoms with van der Waals surface area (Å²) in [5.74, 6) is -0.970. The van der Waals surface area contributed by atoms with Crippen molar-refractivity contribution in [1.29, 1.82) is 0 Å². The predicted molar refractivity (Wildman–Crippen MR) is 93.3 cm³/mol. The van der Waals surface area contributed by atoms with E-state index in [1.54, 1.807) is 6.20 Å². The molecule has 134 valence electrons. The maximum atomic E-state index is 12.9. The Morgan fingerprint density at radius 1 is 1.50 bits per heavy atom. The Morgan fingerprint density at radius 2 is 2.17 bits per heavy atom. The van der Waals surface area contributed by atoms with Crippen LogP contribution in [0, 0.1) is 11.8 Å². The molecule has 1 aliphatic heterocycles. The number of nitrogens with one attached hydrogen (secondary N) is 1. The minimum Gasteiger partial charge on any atom is -0.459 e. The average molecular weight is 353 g/mol. The van der Waals surface area contributed by atoms with Crippen molar-refractivity contribution in [3.8, 4) is 0 Å². The monoisotopic (exact) mass is 353 g/mol. The van der Waals surface area contributed by atoms with Crippen LogP contribution in [0.1, 0.15) is 58.5 Å². The summed E-state index contributed by atoms with van der Waals surface area (Å²) in [5, 5.41) is 5.99. The number of primary amides is 1. The molecule has 3 atom stereocenters. The maximum absolute atomic E-state index is 12.9. The third-order valence-electron chi connectivity index (χ3n) is 4.03. The van der Waals surface area contributed by atoms with Gasteiger partial charge in [-0.1, -0.05) is 13.8 Å². The molecule has 1 aromatic heterocycles. The summed E-state index contributed by atoms with van der Waals surface area (Å²) in [7, 11) is 0. The lowest BCUT2D eigenvalue weighted by Gasteiger charge is -2.33. The Hall–Kier alpha value is -1.47. The molecular formula is C17H27N3O3S. The van der Waals surface area contributed by atoms with Crippen LogP contribution in [-0.4, -0.2) is 28.0 Å². The van der Waals surface area contributed by atoms with E-state index in [0.717, 1.165) is 5.01 Å². The number of carbonyl (C=O) groups excluding carboxylic acids is 2. The molecule has 1 unspecified atom stereocenters. The molecule has 0 spiro atoms. The zero-order chi connectivity index (χ0) is 18.1. The fourth-order valence-corrected chi connectivity index (χ4v) is 4.03. The van der Waals surface area contributed by atoms with E-state index >= 15 is 0 Å². The summed E-state index contributed by atoms with van der Waals surface area (Å²) in [6.45, 7) is 9.61. The summed E-state index contributed by atoms with van der Waals surface area (Å²) in [5.41, 5.74) is 4.11. The highest BCUT2D eigenvalue weighted by atomic mass is 32.1. The molecule has 2 rings (SSSR count). The number of thiazole rings is 1. The number of nitrogens with zero attached hydrogens (tertiary/aromatic N) is 1. The van der Waals surface area contributed by atoms with Crippen LogP contribution in [0.5, 0.6) is 0 Å². The lowest BCUT2D eigenvalue weighted by molar-refractivity contribution is -0.163. The van der Waals surface area contributed by atoms with E-state index in [-0.39, 0.29) is 17.9 Å². The Morgan fingerprint density at radius 3 is 2.62 bits per heavy atom. The van der Waals surface area contributed by atoms with Crippen molar-refractivity contribution in [1.82, 2.24) is 10.3 Å². The van der Waals surface area contributed by atoms with Crippen LogP contribution in [0.4, 0.5) is 0 Å². The number of hydrogen-bond donors (Lipinski definition) is 2. The summed E-state index contributed by atoms with van der Waals surface area (Å²) < 4.78 is 5.65. The first-order chi connectivity index (χ1) is 11.0. The van der Waals surface area contributed by atoms with Crippen LogP contribution >= 0.6 is 11.3 Å². The minimum atomic E-state index is -0.919. The van der Waals surface area contributed by atoms with Crippen molar-refractivity contribution in [2.75, 3.05) is 0 Å². The molecule has 1 amide bonds. The van der Waals surface area contributed by atoms with E-state index in [2.05, 4.69) is 10.3 Å². The van der Waals surface area contributed by atoms with Gasteiger partial charge in [0.25, 0.3) is 0 Å². The van der Waals surface area contributed by atoms with Gasteiger partial charge >= 0.3 is 5.97 Å². The molecule has 2 heterocycles. The predicted octanol–water partition coefficient (Wildman–Crippen LogP) is 2.41. The van der Waals surface area contributed by atoms with Crippen LogP contribution < -0.4 is 11.1 Å². The van der Waals surface area contributed by atoms with Crippen LogP contribution in [0.3, 0.4) is 0 Å². The highest BCUT2D eigenvalue weighted by Crippen LogP contribution is 2.42. The second-order valence-electron chi connectivity index (χ2n) is 7.89. The number of esters is 1. The standard InChI is InChI=1S/C17H27N3O3S/c1-10(2)8-17(15(22)23-16(3,4)5)9-11(13(18)21)12(20-17)14-19-6-7-24-14/h6-7,10-12,20H,8-9H2,1-5H3,(H2,18,21)/t11-,12+,17?/m0/s1. The fourth-order valence-electron chi connectivity index (χ4n) is 3.28. The van der Waals surface area contributed by atoms with Gasteiger partial charge in [-0.05, 0) is 39.5 Å². The molecule has 0 saturated carbocycles. The summed E-state index contributed by atoms with van der Waals surface area (Å²) >= 11 is 1.45. The topological polar surface area (TPSA) is 94.3 Å². The minimum absolute atomic E-state index is 0.258. The zero-order valence-electron chi connectivity index (χ0n) is 15.0. The van der Waals surface area contributed by atoms with E-state index in [1.807, 2.05) is 40.0 Å². The number of amides is 1. The van der Waals surface area contributed by atoms with Crippen molar-refractivity contribution < 1.29 is 14.3 Å². The molecule has 1 aromatic rings. The number of carbonyl (C=O) groups is 2. The van der Waals surface area contributed by atoms with Crippen molar-refractivity contribution in [3.05, 3.63) is 16.6 Å². The highest BCUT2D eigenvalue weighted by molar-refractivity contribution is 7.09. The summed E-state index contributed by atoms with van der Waals surface area (Å²) in [6, 6.07) is -0.353. The van der Waals surface area contributed by atoms with Gasteiger partial charge in [-0.3, -0.25) is 14.9 Å². The largest absolute Gasteiger partial charge is 0.459 e. The van der Waals surface area contributed by atoms with E-state index in [0.29, 0.717) is 12.8 Å². The Kier molecular flexibility index (Phi) is 5.34. The molecule has 0 bridgehead atoms. The van der Waals surface area contributed by atoms with Crippen molar-refractivity contribution in [3.63, 3.8) is 0 Å². The molecule has 1 aliphatic rings. The number of rotatable bonds is 5. The molecule has 1 saturated heterocycles. The molecule has 1 fully saturated rings. The molecular weight excluding hydrogens is 326 g/mol. The first-order valence-electron chi connectivity index (χ1n) is 8.24. The average Bonchev–Trinajstić information content (AvgIpc) is 3.02. The highest BCUT2D eigenvalue weighted by Gasteiger charge is 2.54. The first kappa shape index (κ1) is 18.9. The van der Waals surface area contributed by atoms with E-state index in [9.17, 15) is 9.59 Å². The summed E-state index contributed by atoms with van der Waals surface area (Å²) in [6.07, 6.45) is 2.60. The maximum Gasteiger partial charge on any atom is 0.326 e. The molecule has 24 heavy (non-hydrogen) atoms. The zero-order valence-corrected chi connectivity index (χ0v) is 15.8. The van der Waals surface area contributed by atoms with Gasteiger partial charge in [0.2, 0.25) is 5.91 Å². The van der Waals surface area contributed by atoms with Gasteiger partial charge < -0.3 is 10.5 Å². The van der Waals surface area contributed by atoms with E-state index in [1.165, 1.54) is 11.3 Å². The van der Waals surface area contributed by atoms with E-state index in [4.69, 9.17) is 10.5 Å². The van der Waals surface area contributed by atoms with Crippen molar-refractivity contribution >= 4 is 23.2 Å². The Balaban J connectivity index is 2.37. The lowest BCUT2D eigenvalue weighted by Crippen LogP contribution is -2.52. The van der Waals surface area contributed by atoms with Gasteiger partial charge in [-0.15, -0.1) is 11.3 Å². The third-order valence-corrected chi connectivity index (χ3v) is 4.89. The number of nitrogens with two attached hydrogens (primary N) is 1. The number of aromatic nitrogens is 1. The second kappa shape index (κ2) is 6.80. The van der Waals surface area contributed by atoms with Gasteiger partial charge in [-0.25, -0.2) is 4.98 Å². The molecule has 6 nitrogen and oxygen atoms in total. The quantitative estimate of drug-likeness (QED) is 0.793. The van der Waals surface area contributed by atoms with Gasteiger partial charge in [0.1, 0.15) is 16.1 Å². The van der Waals surface area contributed by atoms with Gasteiger partial charge in [-0.2, -0.15) is 0 Å². The second-order valence-corrected chi connectivity index (χ2v) is 8.81. The Labute approximate surface area is 147 Å². The van der Waals surface area contributed by atoms with Crippen molar-refractivity contribution in [2.24, 2.45) is 17.6 Å². The van der Waals surface area contributed by atoms with Crippen molar-refractivity contribution in [2.45, 2.75) is 64.6 Å². The molecule has 7 heteroatoms. The van der Waals surface area contributed by atoms with Gasteiger partial charge in [0.15, 0.2) is 0 Å². The first-order valence-corrected chi connectivity index (χ1v) is 9.12. The molecule has 0 aromatic carbocycles. The van der Waals surface area contributed by atoms with Gasteiger partial charge in [0.05, 0.1) is 12.0 Å². The van der Waals surface area contributed by atoms with Crippen LogP contribution in [0.25, 0.3) is 0 Å². The number of ether oxygens (including phenoxy) is 1.